The van der Waals surface area contributed by atoms with E-state index in [-0.39, 0.29) is 6.42 Å². The van der Waals surface area contributed by atoms with Crippen molar-refractivity contribution in [3.05, 3.63) is 35.9 Å². The van der Waals surface area contributed by atoms with Gasteiger partial charge in [0.25, 0.3) is 0 Å². The summed E-state index contributed by atoms with van der Waals surface area (Å²) in [5.41, 5.74) is 6.52. The zero-order valence-corrected chi connectivity index (χ0v) is 10.7. The molecule has 1 rings (SSSR count). The lowest BCUT2D eigenvalue weighted by atomic mass is 9.93. The fourth-order valence-corrected chi connectivity index (χ4v) is 1.95. The molecular formula is C14H19NO4. The van der Waals surface area contributed by atoms with Gasteiger partial charge in [0.05, 0.1) is 5.92 Å². The summed E-state index contributed by atoms with van der Waals surface area (Å²) in [6, 6.07) is 8.65. The van der Waals surface area contributed by atoms with E-state index in [2.05, 4.69) is 0 Å². The summed E-state index contributed by atoms with van der Waals surface area (Å²) >= 11 is 0. The van der Waals surface area contributed by atoms with Crippen LogP contribution in [0.3, 0.4) is 0 Å². The standard InChI is InChI=1S/C14H19NO4/c15-12(14(18)19)9-11(13(16)17)8-4-7-10-5-2-1-3-6-10/h1-3,5-6,11-12H,4,7-9,15H2,(H,16,17)(H,18,19)/t11-,12+/m0/s1. The Morgan fingerprint density at radius 3 is 2.26 bits per heavy atom. The number of aliphatic carboxylic acids is 2. The first-order valence-corrected chi connectivity index (χ1v) is 6.26. The molecule has 0 heterocycles. The Morgan fingerprint density at radius 1 is 1.11 bits per heavy atom. The van der Waals surface area contributed by atoms with E-state index in [0.717, 1.165) is 12.0 Å². The van der Waals surface area contributed by atoms with Crippen LogP contribution in [-0.2, 0) is 16.0 Å². The Bertz CT molecular complexity index is 419. The number of benzene rings is 1. The van der Waals surface area contributed by atoms with Gasteiger partial charge in [0.2, 0.25) is 0 Å². The largest absolute Gasteiger partial charge is 0.481 e. The molecule has 104 valence electrons. The number of carboxylic acids is 2. The predicted molar refractivity (Wildman–Crippen MR) is 70.7 cm³/mol. The minimum atomic E-state index is -1.16. The number of carbonyl (C=O) groups is 2. The molecule has 1 aromatic carbocycles. The average molecular weight is 265 g/mol. The lowest BCUT2D eigenvalue weighted by molar-refractivity contribution is -0.143. The van der Waals surface area contributed by atoms with Crippen molar-refractivity contribution < 1.29 is 19.8 Å². The molecule has 0 amide bonds. The van der Waals surface area contributed by atoms with Gasteiger partial charge in [0.1, 0.15) is 6.04 Å². The van der Waals surface area contributed by atoms with Crippen molar-refractivity contribution in [1.82, 2.24) is 0 Å². The first-order valence-electron chi connectivity index (χ1n) is 6.26. The van der Waals surface area contributed by atoms with Crippen molar-refractivity contribution in [3.8, 4) is 0 Å². The molecule has 2 atom stereocenters. The second-order valence-corrected chi connectivity index (χ2v) is 4.59. The molecule has 0 unspecified atom stereocenters. The molecule has 0 aliphatic carbocycles. The second-order valence-electron chi connectivity index (χ2n) is 4.59. The molecule has 0 aliphatic heterocycles. The van der Waals surface area contributed by atoms with Crippen LogP contribution in [0.5, 0.6) is 0 Å². The molecular weight excluding hydrogens is 246 g/mol. The summed E-state index contributed by atoms with van der Waals surface area (Å²) in [6.45, 7) is 0. The maximum Gasteiger partial charge on any atom is 0.320 e. The monoisotopic (exact) mass is 265 g/mol. The fourth-order valence-electron chi connectivity index (χ4n) is 1.95. The third-order valence-corrected chi connectivity index (χ3v) is 3.07. The predicted octanol–water partition coefficient (Wildman–Crippen LogP) is 1.51. The lowest BCUT2D eigenvalue weighted by Gasteiger charge is -2.14. The van der Waals surface area contributed by atoms with Gasteiger partial charge in [0.15, 0.2) is 0 Å². The Hall–Kier alpha value is -1.88. The van der Waals surface area contributed by atoms with E-state index in [4.69, 9.17) is 15.9 Å². The summed E-state index contributed by atoms with van der Waals surface area (Å²) in [4.78, 5) is 21.7. The van der Waals surface area contributed by atoms with Gasteiger partial charge in [-0.3, -0.25) is 9.59 Å². The van der Waals surface area contributed by atoms with Crippen LogP contribution >= 0.6 is 0 Å². The van der Waals surface area contributed by atoms with Gasteiger partial charge in [-0.1, -0.05) is 30.3 Å². The molecule has 0 fully saturated rings. The summed E-state index contributed by atoms with van der Waals surface area (Å²) in [5.74, 6) is -2.84. The van der Waals surface area contributed by atoms with Gasteiger partial charge in [-0.2, -0.15) is 0 Å². The van der Waals surface area contributed by atoms with E-state index in [1.165, 1.54) is 0 Å². The topological polar surface area (TPSA) is 101 Å². The number of rotatable bonds is 8. The van der Waals surface area contributed by atoms with Gasteiger partial charge in [-0.05, 0) is 31.2 Å². The zero-order chi connectivity index (χ0) is 14.3. The van der Waals surface area contributed by atoms with Crippen LogP contribution in [0, 0.1) is 5.92 Å². The molecule has 0 radical (unpaired) electrons. The smallest absolute Gasteiger partial charge is 0.320 e. The first kappa shape index (κ1) is 15.2. The van der Waals surface area contributed by atoms with E-state index >= 15 is 0 Å². The normalized spacial score (nSPS) is 13.7. The number of nitrogens with two attached hydrogens (primary N) is 1. The van der Waals surface area contributed by atoms with Crippen molar-refractivity contribution in [2.75, 3.05) is 0 Å². The molecule has 0 aromatic heterocycles. The van der Waals surface area contributed by atoms with Crippen molar-refractivity contribution in [2.24, 2.45) is 11.7 Å². The Morgan fingerprint density at radius 2 is 1.74 bits per heavy atom. The minimum Gasteiger partial charge on any atom is -0.481 e. The lowest BCUT2D eigenvalue weighted by Crippen LogP contribution is -2.34. The van der Waals surface area contributed by atoms with Crippen LogP contribution in [0.25, 0.3) is 0 Å². The maximum absolute atomic E-state index is 11.1. The molecule has 4 N–H and O–H groups in total. The van der Waals surface area contributed by atoms with Gasteiger partial charge in [0, 0.05) is 0 Å². The Labute approximate surface area is 112 Å². The third kappa shape index (κ3) is 5.52. The molecule has 0 saturated carbocycles. The van der Waals surface area contributed by atoms with E-state index in [1.54, 1.807) is 0 Å². The van der Waals surface area contributed by atoms with Crippen LogP contribution in [0.1, 0.15) is 24.8 Å². The van der Waals surface area contributed by atoms with Gasteiger partial charge in [-0.25, -0.2) is 0 Å². The fraction of sp³-hybridized carbons (Fsp3) is 0.429. The molecule has 19 heavy (non-hydrogen) atoms. The Balaban J connectivity index is 2.42. The highest BCUT2D eigenvalue weighted by Crippen LogP contribution is 2.16. The van der Waals surface area contributed by atoms with Gasteiger partial charge in [-0.15, -0.1) is 0 Å². The SMILES string of the molecule is N[C@H](C[C@H](CCCc1ccccc1)C(=O)O)C(=O)O. The van der Waals surface area contributed by atoms with Crippen LogP contribution in [0.4, 0.5) is 0 Å². The zero-order valence-electron chi connectivity index (χ0n) is 10.7. The van der Waals surface area contributed by atoms with Crippen molar-refractivity contribution in [3.63, 3.8) is 0 Å². The summed E-state index contributed by atoms with van der Waals surface area (Å²) in [5, 5.41) is 17.8. The van der Waals surface area contributed by atoms with E-state index in [0.29, 0.717) is 12.8 Å². The number of hydrogen-bond donors (Lipinski definition) is 3. The highest BCUT2D eigenvalue weighted by molar-refractivity contribution is 5.75. The third-order valence-electron chi connectivity index (χ3n) is 3.07. The van der Waals surface area contributed by atoms with Crippen molar-refractivity contribution in [1.29, 1.82) is 0 Å². The molecule has 0 spiro atoms. The van der Waals surface area contributed by atoms with Gasteiger partial charge >= 0.3 is 11.9 Å². The highest BCUT2D eigenvalue weighted by Gasteiger charge is 2.23. The molecule has 1 aromatic rings. The second kappa shape index (κ2) is 7.53. The average Bonchev–Trinajstić information content (AvgIpc) is 2.38. The van der Waals surface area contributed by atoms with Gasteiger partial charge < -0.3 is 15.9 Å². The van der Waals surface area contributed by atoms with Crippen LogP contribution in [-0.4, -0.2) is 28.2 Å². The number of aryl methyl sites for hydroxylation is 1. The molecule has 5 nitrogen and oxygen atoms in total. The van der Waals surface area contributed by atoms with E-state index in [9.17, 15) is 9.59 Å². The summed E-state index contributed by atoms with van der Waals surface area (Å²) in [7, 11) is 0. The molecule has 5 heteroatoms. The van der Waals surface area contributed by atoms with Crippen molar-refractivity contribution in [2.45, 2.75) is 31.7 Å². The molecule has 0 bridgehead atoms. The number of hydrogen-bond acceptors (Lipinski definition) is 3. The summed E-state index contributed by atoms with van der Waals surface area (Å²) < 4.78 is 0. The highest BCUT2D eigenvalue weighted by atomic mass is 16.4. The first-order chi connectivity index (χ1) is 9.00. The van der Waals surface area contributed by atoms with Crippen LogP contribution < -0.4 is 5.73 Å². The van der Waals surface area contributed by atoms with Crippen LogP contribution in [0.2, 0.25) is 0 Å². The van der Waals surface area contributed by atoms with E-state index < -0.39 is 23.9 Å². The van der Waals surface area contributed by atoms with Crippen molar-refractivity contribution >= 4 is 11.9 Å². The maximum atomic E-state index is 11.1. The molecule has 0 aliphatic rings. The minimum absolute atomic E-state index is 0.0283. The Kier molecular flexibility index (Phi) is 6.02. The molecule has 0 saturated heterocycles. The van der Waals surface area contributed by atoms with Crippen LogP contribution in [0.15, 0.2) is 30.3 Å². The van der Waals surface area contributed by atoms with E-state index in [1.807, 2.05) is 30.3 Å². The number of carboxylic acid groups (broad SMARTS) is 2. The summed E-state index contributed by atoms with van der Waals surface area (Å²) in [6.07, 6.45) is 1.89. The quantitative estimate of drug-likeness (QED) is 0.661.